The van der Waals surface area contributed by atoms with Gasteiger partial charge < -0.3 is 21.3 Å². The smallest absolute Gasteiger partial charge is 0.315 e. The first-order valence-corrected chi connectivity index (χ1v) is 11.1. The van der Waals surface area contributed by atoms with E-state index in [0.717, 1.165) is 11.8 Å². The van der Waals surface area contributed by atoms with Gasteiger partial charge in [-0.25, -0.2) is 27.7 Å². The van der Waals surface area contributed by atoms with E-state index in [4.69, 9.17) is 5.14 Å². The highest BCUT2D eigenvalue weighted by Crippen LogP contribution is 2.21. The first-order valence-electron chi connectivity index (χ1n) is 9.54. The third kappa shape index (κ3) is 6.36. The Hall–Kier alpha value is -3.77. The molecular formula is C20H22FN7O3S. The van der Waals surface area contributed by atoms with Crippen molar-refractivity contribution >= 4 is 39.2 Å². The first kappa shape index (κ1) is 22.9. The number of hydrogen-bond donors (Lipinski definition) is 5. The minimum absolute atomic E-state index is 0.0323. The zero-order valence-corrected chi connectivity index (χ0v) is 17.9. The molecule has 0 bridgehead atoms. The number of benzene rings is 2. The maximum absolute atomic E-state index is 14.2. The van der Waals surface area contributed by atoms with Gasteiger partial charge in [0.05, 0.1) is 11.1 Å². The monoisotopic (exact) mass is 459 g/mol. The Morgan fingerprint density at radius 2 is 1.62 bits per heavy atom. The Kier molecular flexibility index (Phi) is 7.18. The molecule has 3 aromatic rings. The molecule has 0 atom stereocenters. The second-order valence-corrected chi connectivity index (χ2v) is 8.18. The van der Waals surface area contributed by atoms with Crippen molar-refractivity contribution in [3.8, 4) is 0 Å². The first-order chi connectivity index (χ1) is 15.2. The van der Waals surface area contributed by atoms with Crippen molar-refractivity contribution in [1.29, 1.82) is 0 Å². The SMILES string of the molecule is CCNC(=O)NCc1ccc(Nc2nc(Nc3ccc(S(N)(=O)=O)cc3)ncc2F)cc1. The Morgan fingerprint density at radius 3 is 2.25 bits per heavy atom. The van der Waals surface area contributed by atoms with Gasteiger partial charge >= 0.3 is 6.03 Å². The van der Waals surface area contributed by atoms with Gasteiger partial charge in [-0.15, -0.1) is 0 Å². The molecule has 2 aromatic carbocycles. The minimum atomic E-state index is -3.80. The minimum Gasteiger partial charge on any atom is -0.338 e. The lowest BCUT2D eigenvalue weighted by molar-refractivity contribution is 0.241. The zero-order valence-electron chi connectivity index (χ0n) is 17.1. The van der Waals surface area contributed by atoms with Gasteiger partial charge in [-0.05, 0) is 48.9 Å². The molecule has 0 unspecified atom stereocenters. The second-order valence-electron chi connectivity index (χ2n) is 6.62. The van der Waals surface area contributed by atoms with Crippen molar-refractivity contribution in [3.63, 3.8) is 0 Å². The summed E-state index contributed by atoms with van der Waals surface area (Å²) in [7, 11) is -3.80. The lowest BCUT2D eigenvalue weighted by Gasteiger charge is -2.11. The van der Waals surface area contributed by atoms with Crippen LogP contribution in [0.5, 0.6) is 0 Å². The molecule has 32 heavy (non-hydrogen) atoms. The maximum atomic E-state index is 14.2. The lowest BCUT2D eigenvalue weighted by Crippen LogP contribution is -2.34. The van der Waals surface area contributed by atoms with E-state index in [1.807, 2.05) is 6.92 Å². The fourth-order valence-electron chi connectivity index (χ4n) is 2.62. The number of aromatic nitrogens is 2. The molecule has 1 aromatic heterocycles. The third-order valence-corrected chi connectivity index (χ3v) is 5.12. The topological polar surface area (TPSA) is 151 Å². The zero-order chi connectivity index (χ0) is 23.1. The fraction of sp³-hybridized carbons (Fsp3) is 0.150. The van der Waals surface area contributed by atoms with Crippen LogP contribution >= 0.6 is 0 Å². The lowest BCUT2D eigenvalue weighted by atomic mass is 10.2. The van der Waals surface area contributed by atoms with Crippen LogP contribution < -0.4 is 26.4 Å². The van der Waals surface area contributed by atoms with Crippen LogP contribution in [0.2, 0.25) is 0 Å². The Morgan fingerprint density at radius 1 is 1.00 bits per heavy atom. The fourth-order valence-corrected chi connectivity index (χ4v) is 3.14. The van der Waals surface area contributed by atoms with Crippen LogP contribution in [0.25, 0.3) is 0 Å². The number of primary sulfonamides is 1. The van der Waals surface area contributed by atoms with Gasteiger partial charge in [0.2, 0.25) is 16.0 Å². The molecule has 0 fully saturated rings. The van der Waals surface area contributed by atoms with Crippen LogP contribution in [0.4, 0.5) is 32.3 Å². The molecule has 0 spiro atoms. The van der Waals surface area contributed by atoms with Gasteiger partial charge in [0, 0.05) is 24.5 Å². The van der Waals surface area contributed by atoms with Crippen LogP contribution in [0.15, 0.2) is 59.6 Å². The standard InChI is InChI=1S/C20H22FN7O3S/c1-2-23-20(29)25-11-13-3-5-14(6-4-13)26-18-17(21)12-24-19(28-18)27-15-7-9-16(10-8-15)32(22,30)31/h3-10,12H,2,11H2,1H3,(H2,22,30,31)(H2,23,25,29)(H2,24,26,27,28). The largest absolute Gasteiger partial charge is 0.338 e. The van der Waals surface area contributed by atoms with Crippen LogP contribution in [0.3, 0.4) is 0 Å². The van der Waals surface area contributed by atoms with E-state index in [9.17, 15) is 17.6 Å². The Labute approximate surface area is 184 Å². The number of carbonyl (C=O) groups is 1. The molecule has 168 valence electrons. The summed E-state index contributed by atoms with van der Waals surface area (Å²) in [6.45, 7) is 2.72. The summed E-state index contributed by atoms with van der Waals surface area (Å²) in [5.41, 5.74) is 1.96. The van der Waals surface area contributed by atoms with Crippen molar-refractivity contribution in [2.45, 2.75) is 18.4 Å². The molecular weight excluding hydrogens is 437 g/mol. The van der Waals surface area contributed by atoms with Gasteiger partial charge in [-0.1, -0.05) is 12.1 Å². The van der Waals surface area contributed by atoms with E-state index in [1.54, 1.807) is 24.3 Å². The average Bonchev–Trinajstić information content (AvgIpc) is 2.75. The molecule has 12 heteroatoms. The van der Waals surface area contributed by atoms with E-state index in [2.05, 4.69) is 31.2 Å². The molecule has 0 saturated carbocycles. The Balaban J connectivity index is 1.66. The van der Waals surface area contributed by atoms with Gasteiger partial charge in [0.25, 0.3) is 0 Å². The molecule has 0 saturated heterocycles. The predicted octanol–water partition coefficient (Wildman–Crippen LogP) is 2.57. The highest BCUT2D eigenvalue weighted by molar-refractivity contribution is 7.89. The number of sulfonamides is 1. The van der Waals surface area contributed by atoms with Crippen molar-refractivity contribution in [1.82, 2.24) is 20.6 Å². The molecule has 1 heterocycles. The number of anilines is 4. The summed E-state index contributed by atoms with van der Waals surface area (Å²) in [5.74, 6) is -0.584. The van der Waals surface area contributed by atoms with E-state index < -0.39 is 15.8 Å². The molecule has 6 N–H and O–H groups in total. The van der Waals surface area contributed by atoms with E-state index in [0.29, 0.717) is 24.5 Å². The van der Waals surface area contributed by atoms with Crippen molar-refractivity contribution in [2.75, 3.05) is 17.2 Å². The van der Waals surface area contributed by atoms with E-state index in [1.165, 1.54) is 24.3 Å². The normalized spacial score (nSPS) is 11.0. The molecule has 0 aliphatic carbocycles. The van der Waals surface area contributed by atoms with Crippen molar-refractivity contribution in [2.24, 2.45) is 5.14 Å². The van der Waals surface area contributed by atoms with Crippen LogP contribution in [0, 0.1) is 5.82 Å². The van der Waals surface area contributed by atoms with E-state index >= 15 is 0 Å². The molecule has 10 nitrogen and oxygen atoms in total. The van der Waals surface area contributed by atoms with Gasteiger partial charge in [0.15, 0.2) is 11.6 Å². The molecule has 0 aliphatic rings. The molecule has 0 aliphatic heterocycles. The van der Waals surface area contributed by atoms with Gasteiger partial charge in [-0.3, -0.25) is 0 Å². The Bertz CT molecular complexity index is 1190. The number of hydrogen-bond acceptors (Lipinski definition) is 7. The number of rotatable bonds is 8. The second kappa shape index (κ2) is 10.0. The molecule has 0 radical (unpaired) electrons. The van der Waals surface area contributed by atoms with Gasteiger partial charge in [0.1, 0.15) is 0 Å². The molecule has 3 rings (SSSR count). The number of halogens is 1. The summed E-state index contributed by atoms with van der Waals surface area (Å²) >= 11 is 0. The number of urea groups is 1. The highest BCUT2D eigenvalue weighted by atomic mass is 32.2. The number of nitrogens with one attached hydrogen (secondary N) is 4. The van der Waals surface area contributed by atoms with Crippen LogP contribution in [0.1, 0.15) is 12.5 Å². The van der Waals surface area contributed by atoms with E-state index in [-0.39, 0.29) is 22.7 Å². The third-order valence-electron chi connectivity index (χ3n) is 4.19. The van der Waals surface area contributed by atoms with Crippen LogP contribution in [-0.4, -0.2) is 31.0 Å². The van der Waals surface area contributed by atoms with Crippen molar-refractivity contribution in [3.05, 3.63) is 66.1 Å². The predicted molar refractivity (Wildman–Crippen MR) is 119 cm³/mol. The van der Waals surface area contributed by atoms with Crippen molar-refractivity contribution < 1.29 is 17.6 Å². The number of nitrogens with zero attached hydrogens (tertiary/aromatic N) is 2. The summed E-state index contributed by atoms with van der Waals surface area (Å²) in [5, 5.41) is 16.2. The number of carbonyl (C=O) groups excluding carboxylic acids is 1. The quantitative estimate of drug-likeness (QED) is 0.347. The maximum Gasteiger partial charge on any atom is 0.315 e. The summed E-state index contributed by atoms with van der Waals surface area (Å²) in [6.07, 6.45) is 1.01. The summed E-state index contributed by atoms with van der Waals surface area (Å²) in [4.78, 5) is 19.4. The van der Waals surface area contributed by atoms with Gasteiger partial charge in [-0.2, -0.15) is 4.98 Å². The summed E-state index contributed by atoms with van der Waals surface area (Å²) < 4.78 is 36.9. The summed E-state index contributed by atoms with van der Waals surface area (Å²) in [6, 6.07) is 12.5. The number of nitrogens with two attached hydrogens (primary N) is 1. The van der Waals surface area contributed by atoms with Crippen LogP contribution in [-0.2, 0) is 16.6 Å². The number of amides is 2. The average molecular weight is 460 g/mol. The molecule has 2 amide bonds. The highest BCUT2D eigenvalue weighted by Gasteiger charge is 2.10.